The van der Waals surface area contributed by atoms with Crippen LogP contribution >= 0.6 is 21.4 Å². The molecule has 0 unspecified atom stereocenters. The summed E-state index contributed by atoms with van der Waals surface area (Å²) in [5.74, 6) is 0. The van der Waals surface area contributed by atoms with E-state index in [1.165, 1.54) is 0 Å². The van der Waals surface area contributed by atoms with Gasteiger partial charge in [0.1, 0.15) is 0 Å². The van der Waals surface area contributed by atoms with Gasteiger partial charge in [0.15, 0.2) is 0 Å². The lowest BCUT2D eigenvalue weighted by Gasteiger charge is -1.70. The monoisotopic (exact) mass is 166 g/mol. The Balaban J connectivity index is 4.06. The number of halogens is 2. The third-order valence-corrected chi connectivity index (χ3v) is 0. The normalized spacial score (nSPS) is 11.6. The van der Waals surface area contributed by atoms with Crippen molar-refractivity contribution < 1.29 is 0 Å². The van der Waals surface area contributed by atoms with Crippen LogP contribution in [0.5, 0.6) is 0 Å². The highest BCUT2D eigenvalue weighted by molar-refractivity contribution is 8.77. The molecule has 5 heavy (non-hydrogen) atoms. The summed E-state index contributed by atoms with van der Waals surface area (Å²) in [4.78, 5) is 0. The van der Waals surface area contributed by atoms with Crippen molar-refractivity contribution in [2.24, 2.45) is 0 Å². The molecule has 0 radical (unpaired) electrons. The van der Waals surface area contributed by atoms with Crippen LogP contribution in [0.15, 0.2) is 0 Å². The highest BCUT2D eigenvalue weighted by Gasteiger charge is 1.76. The molecule has 0 aliphatic rings. The van der Waals surface area contributed by atoms with Gasteiger partial charge in [0.25, 0.3) is 0 Å². The molecule has 0 nitrogen and oxygen atoms in total. The van der Waals surface area contributed by atoms with Crippen molar-refractivity contribution in [3.05, 3.63) is 0 Å². The van der Waals surface area contributed by atoms with Gasteiger partial charge in [0, 0.05) is 0 Å². The minimum atomic E-state index is -2.06. The van der Waals surface area contributed by atoms with Gasteiger partial charge in [-0.25, -0.2) is 0 Å². The summed E-state index contributed by atoms with van der Waals surface area (Å²) < 4.78 is 0. The maximum atomic E-state index is 5.01. The highest BCUT2D eigenvalue weighted by atomic mass is 36.0. The molecule has 0 atom stereocenters. The summed E-state index contributed by atoms with van der Waals surface area (Å²) in [6.07, 6.45) is 0. The van der Waals surface area contributed by atoms with E-state index in [1.54, 1.807) is 0 Å². The van der Waals surface area contributed by atoms with Crippen molar-refractivity contribution in [3.8, 4) is 0 Å². The van der Waals surface area contributed by atoms with Crippen LogP contribution in [0.25, 0.3) is 0 Å². The quantitative estimate of drug-likeness (QED) is 0.500. The molecule has 0 bridgehead atoms. The lowest BCUT2D eigenvalue weighted by Crippen LogP contribution is -1.54. The molecule has 0 aromatic carbocycles. The number of rotatable bonds is 0. The second kappa shape index (κ2) is 1.89. The zero-order chi connectivity index (χ0) is 4.50. The molecular formula is Cl2S3. The largest absolute Gasteiger partial charge is 0.0711 e. The predicted octanol–water partition coefficient (Wildman–Crippen LogP) is 1.37. The van der Waals surface area contributed by atoms with Crippen LogP contribution in [0.4, 0.5) is 0 Å². The van der Waals surface area contributed by atoms with Gasteiger partial charge < -0.3 is 0 Å². The summed E-state index contributed by atoms with van der Waals surface area (Å²) in [5.41, 5.74) is -2.06. The molecular weight excluding hydrogens is 167 g/mol. The first-order valence-electron chi connectivity index (χ1n) is 0.642. The lowest BCUT2D eigenvalue weighted by molar-refractivity contribution is 4.89. The fourth-order valence-electron chi connectivity index (χ4n) is 0. The lowest BCUT2D eigenvalue weighted by atomic mass is 30.8. The van der Waals surface area contributed by atoms with Gasteiger partial charge in [0.2, 0.25) is 0 Å². The fourth-order valence-corrected chi connectivity index (χ4v) is 0. The minimum Gasteiger partial charge on any atom is -0.0202 e. The Hall–Kier alpha value is 1.37. The van der Waals surface area contributed by atoms with Crippen molar-refractivity contribution in [2.75, 3.05) is 0 Å². The average molecular weight is 167 g/mol. The van der Waals surface area contributed by atoms with E-state index in [2.05, 4.69) is 22.4 Å². The van der Waals surface area contributed by atoms with E-state index in [9.17, 15) is 0 Å². The molecule has 0 aromatic rings. The molecule has 0 saturated heterocycles. The molecule has 0 heterocycles. The Morgan fingerprint density at radius 2 is 1.20 bits per heavy atom. The first-order chi connectivity index (χ1) is 2.00. The van der Waals surface area contributed by atoms with E-state index in [0.717, 1.165) is 0 Å². The molecule has 0 aliphatic carbocycles. The standard InChI is InChI=1S/Cl2S3/c1-5(2,3)4. The summed E-state index contributed by atoms with van der Waals surface area (Å²) in [6.45, 7) is 0. The van der Waals surface area contributed by atoms with Gasteiger partial charge in [-0.15, -0.1) is 0 Å². The van der Waals surface area contributed by atoms with Crippen molar-refractivity contribution in [3.63, 3.8) is 0 Å². The molecule has 0 spiro atoms. The Kier molecular flexibility index (Phi) is 2.41. The maximum Gasteiger partial charge on any atom is 0.0711 e. The molecule has 32 valence electrons. The van der Waals surface area contributed by atoms with Gasteiger partial charge >= 0.3 is 0 Å². The Labute approximate surface area is 49.3 Å². The average Bonchev–Trinajstić information content (AvgIpc) is 0.722. The van der Waals surface area contributed by atoms with Crippen LogP contribution in [0.3, 0.4) is 0 Å². The van der Waals surface area contributed by atoms with Crippen LogP contribution in [-0.4, -0.2) is 0 Å². The Bertz CT molecular complexity index is 88.1. The van der Waals surface area contributed by atoms with E-state index in [4.69, 9.17) is 21.4 Å². The van der Waals surface area contributed by atoms with Crippen LogP contribution in [0, 0.1) is 0 Å². The van der Waals surface area contributed by atoms with Crippen molar-refractivity contribution in [1.29, 1.82) is 0 Å². The molecule has 0 rings (SSSR count). The van der Waals surface area contributed by atoms with E-state index in [0.29, 0.717) is 0 Å². The van der Waals surface area contributed by atoms with Crippen LogP contribution < -0.4 is 0 Å². The molecule has 0 amide bonds. The maximum absolute atomic E-state index is 5.01. The van der Waals surface area contributed by atoms with Crippen LogP contribution in [-0.2, 0) is 28.0 Å². The number of hydrogen-bond acceptors (Lipinski definition) is 2. The SMILES string of the molecule is S=S(=S)(Cl)Cl. The third-order valence-electron chi connectivity index (χ3n) is 0. The highest BCUT2D eigenvalue weighted by Crippen LogP contribution is 2.01. The van der Waals surface area contributed by atoms with E-state index in [-0.39, 0.29) is 0 Å². The van der Waals surface area contributed by atoms with Crippen molar-refractivity contribution in [2.45, 2.75) is 0 Å². The zero-order valence-electron chi connectivity index (χ0n) is 1.98. The second-order valence-electron chi connectivity index (χ2n) is 0.378. The molecule has 5 heteroatoms. The van der Waals surface area contributed by atoms with E-state index >= 15 is 0 Å². The molecule has 0 fully saturated rings. The van der Waals surface area contributed by atoms with E-state index in [1.807, 2.05) is 0 Å². The molecule has 0 aliphatic heterocycles. The summed E-state index contributed by atoms with van der Waals surface area (Å²) in [5, 5.41) is 0. The minimum absolute atomic E-state index is 2.06. The van der Waals surface area contributed by atoms with Crippen molar-refractivity contribution >= 4 is 49.3 Å². The third kappa shape index (κ3) is 32.5. The first kappa shape index (κ1) is 6.37. The molecule has 0 aromatic heterocycles. The van der Waals surface area contributed by atoms with Gasteiger partial charge in [0.05, 0.1) is 5.57 Å². The van der Waals surface area contributed by atoms with Crippen molar-refractivity contribution in [1.82, 2.24) is 0 Å². The van der Waals surface area contributed by atoms with Crippen LogP contribution in [0.1, 0.15) is 0 Å². The summed E-state index contributed by atoms with van der Waals surface area (Å²) in [6, 6.07) is 0. The predicted molar refractivity (Wildman–Crippen MR) is 33.8 cm³/mol. The Morgan fingerprint density at radius 3 is 1.20 bits per heavy atom. The van der Waals surface area contributed by atoms with E-state index < -0.39 is 5.57 Å². The second-order valence-corrected chi connectivity index (χ2v) is 10.2. The zero-order valence-corrected chi connectivity index (χ0v) is 5.94. The molecule has 0 saturated carbocycles. The fraction of sp³-hybridized carbons (Fsp3) is 0. The topological polar surface area (TPSA) is 0 Å². The molecule has 0 N–H and O–H groups in total. The van der Waals surface area contributed by atoms with Gasteiger partial charge in [-0.05, 0) is 43.7 Å². The smallest absolute Gasteiger partial charge is 0.0202 e. The van der Waals surface area contributed by atoms with Crippen LogP contribution in [0.2, 0.25) is 0 Å². The van der Waals surface area contributed by atoms with Gasteiger partial charge in [-0.1, -0.05) is 0 Å². The summed E-state index contributed by atoms with van der Waals surface area (Å²) >= 11 is 8.51. The summed E-state index contributed by atoms with van der Waals surface area (Å²) in [7, 11) is 10.0. The first-order valence-corrected chi connectivity index (χ1v) is 5.78. The Morgan fingerprint density at radius 1 is 1.20 bits per heavy atom. The number of hydrogen-bond donors (Lipinski definition) is 0. The van der Waals surface area contributed by atoms with Gasteiger partial charge in [-0.2, -0.15) is 0 Å². The van der Waals surface area contributed by atoms with Gasteiger partial charge in [-0.3, -0.25) is 0 Å².